The molecule has 0 aliphatic carbocycles. The smallest absolute Gasteiger partial charge is 0.193 e. The van der Waals surface area contributed by atoms with Crippen LogP contribution in [0.1, 0.15) is 24.5 Å². The summed E-state index contributed by atoms with van der Waals surface area (Å²) in [6.45, 7) is 8.63. The van der Waals surface area contributed by atoms with Gasteiger partial charge in [0.25, 0.3) is 0 Å². The molecule has 0 spiro atoms. The van der Waals surface area contributed by atoms with Crippen LogP contribution in [0.5, 0.6) is 0 Å². The number of hydrogen-bond acceptors (Lipinski definition) is 2. The molecule has 22 heavy (non-hydrogen) atoms. The third-order valence-electron chi connectivity index (χ3n) is 3.91. The van der Waals surface area contributed by atoms with E-state index in [2.05, 4.69) is 55.4 Å². The minimum atomic E-state index is 0. The summed E-state index contributed by atoms with van der Waals surface area (Å²) in [5.74, 6) is 1.60. The number of benzene rings is 1. The zero-order valence-corrected chi connectivity index (χ0v) is 16.2. The Morgan fingerprint density at radius 1 is 1.41 bits per heavy atom. The molecule has 4 nitrogen and oxygen atoms in total. The molecule has 5 heteroatoms. The number of aryl methyl sites for hydroxylation is 1. The molecule has 2 rings (SSSR count). The van der Waals surface area contributed by atoms with Crippen LogP contribution in [-0.4, -0.2) is 44.2 Å². The van der Waals surface area contributed by atoms with Crippen molar-refractivity contribution in [2.24, 2.45) is 10.9 Å². The van der Waals surface area contributed by atoms with Crippen molar-refractivity contribution in [2.75, 3.05) is 33.4 Å². The molecule has 1 saturated heterocycles. The summed E-state index contributed by atoms with van der Waals surface area (Å²) in [5.41, 5.74) is 2.58. The maximum Gasteiger partial charge on any atom is 0.193 e. The first-order valence-corrected chi connectivity index (χ1v) is 7.82. The second-order valence-corrected chi connectivity index (χ2v) is 5.71. The summed E-state index contributed by atoms with van der Waals surface area (Å²) < 4.78 is 5.46. The van der Waals surface area contributed by atoms with Crippen LogP contribution in [0.15, 0.2) is 29.3 Å². The minimum Gasteiger partial charge on any atom is -0.381 e. The SMILES string of the molecule is CCNC(=NCc1ccccc1C)N(C)CC1CCOC1.I. The molecular formula is C17H28IN3O. The van der Waals surface area contributed by atoms with Crippen LogP contribution >= 0.6 is 24.0 Å². The molecule has 1 aromatic rings. The van der Waals surface area contributed by atoms with E-state index in [1.54, 1.807) is 0 Å². The van der Waals surface area contributed by atoms with Gasteiger partial charge in [0.2, 0.25) is 0 Å². The second-order valence-electron chi connectivity index (χ2n) is 5.71. The number of ether oxygens (including phenoxy) is 1. The van der Waals surface area contributed by atoms with Crippen molar-refractivity contribution in [3.05, 3.63) is 35.4 Å². The van der Waals surface area contributed by atoms with Crippen molar-refractivity contribution in [2.45, 2.75) is 26.8 Å². The van der Waals surface area contributed by atoms with Gasteiger partial charge in [-0.1, -0.05) is 24.3 Å². The van der Waals surface area contributed by atoms with E-state index in [1.165, 1.54) is 11.1 Å². The van der Waals surface area contributed by atoms with Gasteiger partial charge in [-0.2, -0.15) is 0 Å². The average Bonchev–Trinajstić information content (AvgIpc) is 2.97. The number of nitrogens with zero attached hydrogens (tertiary/aromatic N) is 2. The lowest BCUT2D eigenvalue weighted by molar-refractivity contribution is 0.181. The van der Waals surface area contributed by atoms with Crippen molar-refractivity contribution in [3.8, 4) is 0 Å². The molecular weight excluding hydrogens is 389 g/mol. The van der Waals surface area contributed by atoms with Gasteiger partial charge in [-0.3, -0.25) is 0 Å². The third-order valence-corrected chi connectivity index (χ3v) is 3.91. The number of halogens is 1. The van der Waals surface area contributed by atoms with Crippen LogP contribution in [0.4, 0.5) is 0 Å². The highest BCUT2D eigenvalue weighted by atomic mass is 127. The zero-order chi connectivity index (χ0) is 15.1. The lowest BCUT2D eigenvalue weighted by atomic mass is 10.1. The van der Waals surface area contributed by atoms with E-state index in [9.17, 15) is 0 Å². The fourth-order valence-electron chi connectivity index (χ4n) is 2.62. The molecule has 1 aliphatic rings. The normalized spacial score (nSPS) is 18.0. The molecule has 0 aromatic heterocycles. The van der Waals surface area contributed by atoms with Gasteiger partial charge in [0.05, 0.1) is 13.2 Å². The van der Waals surface area contributed by atoms with Crippen LogP contribution in [0, 0.1) is 12.8 Å². The van der Waals surface area contributed by atoms with Gasteiger partial charge in [0, 0.05) is 32.7 Å². The number of aliphatic imine (C=N–C) groups is 1. The third kappa shape index (κ3) is 5.76. The topological polar surface area (TPSA) is 36.9 Å². The maximum absolute atomic E-state index is 5.46. The first-order chi connectivity index (χ1) is 10.2. The molecule has 1 fully saturated rings. The minimum absolute atomic E-state index is 0. The van der Waals surface area contributed by atoms with Crippen LogP contribution in [0.3, 0.4) is 0 Å². The Labute approximate surface area is 151 Å². The van der Waals surface area contributed by atoms with Gasteiger partial charge in [-0.05, 0) is 31.4 Å². The lowest BCUT2D eigenvalue weighted by Crippen LogP contribution is -2.41. The lowest BCUT2D eigenvalue weighted by Gasteiger charge is -2.24. The Kier molecular flexibility index (Phi) is 8.78. The van der Waals surface area contributed by atoms with Crippen molar-refractivity contribution < 1.29 is 4.74 Å². The first kappa shape index (κ1) is 19.2. The van der Waals surface area contributed by atoms with Crippen molar-refractivity contribution in [1.82, 2.24) is 10.2 Å². The van der Waals surface area contributed by atoms with E-state index in [0.29, 0.717) is 5.92 Å². The number of hydrogen-bond donors (Lipinski definition) is 1. The Hall–Kier alpha value is -0.820. The van der Waals surface area contributed by atoms with E-state index < -0.39 is 0 Å². The number of guanidine groups is 1. The summed E-state index contributed by atoms with van der Waals surface area (Å²) in [7, 11) is 2.11. The quantitative estimate of drug-likeness (QED) is 0.455. The van der Waals surface area contributed by atoms with E-state index in [0.717, 1.165) is 45.2 Å². The van der Waals surface area contributed by atoms with Gasteiger partial charge in [0.1, 0.15) is 0 Å². The molecule has 1 aromatic carbocycles. The van der Waals surface area contributed by atoms with Gasteiger partial charge < -0.3 is 15.0 Å². The molecule has 0 radical (unpaired) electrons. The molecule has 0 amide bonds. The molecule has 1 heterocycles. The van der Waals surface area contributed by atoms with E-state index in [-0.39, 0.29) is 24.0 Å². The Morgan fingerprint density at radius 3 is 2.82 bits per heavy atom. The molecule has 0 bridgehead atoms. The molecule has 1 N–H and O–H groups in total. The second kappa shape index (κ2) is 10.0. The fourth-order valence-corrected chi connectivity index (χ4v) is 2.62. The van der Waals surface area contributed by atoms with Gasteiger partial charge in [-0.25, -0.2) is 4.99 Å². The van der Waals surface area contributed by atoms with E-state index >= 15 is 0 Å². The molecule has 124 valence electrons. The van der Waals surface area contributed by atoms with Crippen LogP contribution in [-0.2, 0) is 11.3 Å². The Balaban J connectivity index is 0.00000242. The summed E-state index contributed by atoms with van der Waals surface area (Å²) in [5, 5.41) is 3.38. The predicted molar refractivity (Wildman–Crippen MR) is 103 cm³/mol. The van der Waals surface area contributed by atoms with Gasteiger partial charge >= 0.3 is 0 Å². The molecule has 1 atom stereocenters. The van der Waals surface area contributed by atoms with E-state index in [1.807, 2.05) is 0 Å². The highest BCUT2D eigenvalue weighted by molar-refractivity contribution is 14.0. The number of nitrogens with one attached hydrogen (secondary N) is 1. The zero-order valence-electron chi connectivity index (χ0n) is 13.8. The highest BCUT2D eigenvalue weighted by Crippen LogP contribution is 2.13. The van der Waals surface area contributed by atoms with Crippen LogP contribution in [0.2, 0.25) is 0 Å². The van der Waals surface area contributed by atoms with E-state index in [4.69, 9.17) is 9.73 Å². The molecule has 0 saturated carbocycles. The molecule has 1 unspecified atom stereocenters. The maximum atomic E-state index is 5.46. The Bertz CT molecular complexity index is 473. The Morgan fingerprint density at radius 2 is 2.18 bits per heavy atom. The fraction of sp³-hybridized carbons (Fsp3) is 0.588. The highest BCUT2D eigenvalue weighted by Gasteiger charge is 2.19. The van der Waals surface area contributed by atoms with Gasteiger partial charge in [0.15, 0.2) is 5.96 Å². The predicted octanol–water partition coefficient (Wildman–Crippen LogP) is 3.05. The first-order valence-electron chi connectivity index (χ1n) is 7.82. The van der Waals surface area contributed by atoms with Crippen molar-refractivity contribution in [1.29, 1.82) is 0 Å². The monoisotopic (exact) mass is 417 g/mol. The van der Waals surface area contributed by atoms with Crippen molar-refractivity contribution in [3.63, 3.8) is 0 Å². The number of rotatable bonds is 5. The average molecular weight is 417 g/mol. The molecule has 1 aliphatic heterocycles. The standard InChI is InChI=1S/C17H27N3O.HI/c1-4-18-17(20(3)12-15-9-10-21-13-15)19-11-16-8-6-5-7-14(16)2;/h5-8,15H,4,9-13H2,1-3H3,(H,18,19);1H. The summed E-state index contributed by atoms with van der Waals surface area (Å²) in [6.07, 6.45) is 1.15. The largest absolute Gasteiger partial charge is 0.381 e. The van der Waals surface area contributed by atoms with Crippen LogP contribution < -0.4 is 5.32 Å². The summed E-state index contributed by atoms with van der Waals surface area (Å²) in [6, 6.07) is 8.43. The van der Waals surface area contributed by atoms with Crippen LogP contribution in [0.25, 0.3) is 0 Å². The summed E-state index contributed by atoms with van der Waals surface area (Å²) in [4.78, 5) is 7.00. The summed E-state index contributed by atoms with van der Waals surface area (Å²) >= 11 is 0. The van der Waals surface area contributed by atoms with Gasteiger partial charge in [-0.15, -0.1) is 24.0 Å². The van der Waals surface area contributed by atoms with Crippen molar-refractivity contribution >= 4 is 29.9 Å².